The molecular formula is C21H29N5O. The summed E-state index contributed by atoms with van der Waals surface area (Å²) < 4.78 is 1.88. The molecule has 6 nitrogen and oxygen atoms in total. The van der Waals surface area contributed by atoms with Crippen molar-refractivity contribution in [2.75, 3.05) is 5.32 Å². The number of pyridine rings is 1. The van der Waals surface area contributed by atoms with Crippen LogP contribution in [0, 0.1) is 6.92 Å². The molecule has 27 heavy (non-hydrogen) atoms. The van der Waals surface area contributed by atoms with Crippen LogP contribution in [0.15, 0.2) is 11.4 Å². The van der Waals surface area contributed by atoms with Crippen molar-refractivity contribution in [2.45, 2.75) is 82.8 Å². The third kappa shape index (κ3) is 2.89. The Morgan fingerprint density at radius 3 is 2.70 bits per heavy atom. The molecule has 3 heterocycles. The SMILES string of the molecule is Cc1nn(C)c2ncc(C3=NOC4(CCCCC4)C3)c(NC3CCCC3)c12. The molecule has 0 amide bonds. The van der Waals surface area contributed by atoms with Gasteiger partial charge in [0.25, 0.3) is 0 Å². The summed E-state index contributed by atoms with van der Waals surface area (Å²) in [6, 6.07) is 0.528. The lowest BCUT2D eigenvalue weighted by molar-refractivity contribution is -0.0449. The molecule has 0 radical (unpaired) electrons. The van der Waals surface area contributed by atoms with Crippen LogP contribution in [0.3, 0.4) is 0 Å². The predicted molar refractivity (Wildman–Crippen MR) is 107 cm³/mol. The Balaban J connectivity index is 1.56. The smallest absolute Gasteiger partial charge is 0.159 e. The summed E-state index contributed by atoms with van der Waals surface area (Å²) in [5.74, 6) is 0. The molecule has 2 aromatic heterocycles. The van der Waals surface area contributed by atoms with E-state index in [1.807, 2.05) is 17.9 Å². The number of aromatic nitrogens is 3. The van der Waals surface area contributed by atoms with E-state index in [2.05, 4.69) is 22.5 Å². The number of nitrogens with zero attached hydrogens (tertiary/aromatic N) is 4. The van der Waals surface area contributed by atoms with Gasteiger partial charge in [-0.25, -0.2) is 4.98 Å². The highest BCUT2D eigenvalue weighted by molar-refractivity contribution is 6.11. The minimum atomic E-state index is -0.0723. The molecule has 0 unspecified atom stereocenters. The van der Waals surface area contributed by atoms with Crippen LogP contribution < -0.4 is 5.32 Å². The summed E-state index contributed by atoms with van der Waals surface area (Å²) in [5, 5.41) is 14.2. The average molecular weight is 367 g/mol. The standard InChI is InChI=1S/C21H29N5O/c1-14-18-19(23-15-8-4-5-9-15)16(13-22-20(18)26(2)24-14)17-12-21(27-25-17)10-6-3-7-11-21/h13,15H,3-12H2,1-2H3,(H,22,23). The maximum atomic E-state index is 6.03. The van der Waals surface area contributed by atoms with Crippen molar-refractivity contribution in [3.8, 4) is 0 Å². The van der Waals surface area contributed by atoms with Crippen LogP contribution in [0.5, 0.6) is 0 Å². The molecule has 2 saturated carbocycles. The van der Waals surface area contributed by atoms with E-state index in [-0.39, 0.29) is 5.60 Å². The van der Waals surface area contributed by atoms with Gasteiger partial charge in [-0.2, -0.15) is 5.10 Å². The van der Waals surface area contributed by atoms with Gasteiger partial charge in [0.1, 0.15) is 5.60 Å². The van der Waals surface area contributed by atoms with Gasteiger partial charge in [-0.3, -0.25) is 4.68 Å². The van der Waals surface area contributed by atoms with Gasteiger partial charge in [-0.15, -0.1) is 0 Å². The van der Waals surface area contributed by atoms with Gasteiger partial charge in [0, 0.05) is 31.3 Å². The van der Waals surface area contributed by atoms with Gasteiger partial charge in [0.05, 0.1) is 22.5 Å². The Morgan fingerprint density at radius 2 is 1.93 bits per heavy atom. The Labute approximate surface area is 160 Å². The van der Waals surface area contributed by atoms with E-state index in [0.29, 0.717) is 6.04 Å². The number of rotatable bonds is 3. The van der Waals surface area contributed by atoms with E-state index < -0.39 is 0 Å². The monoisotopic (exact) mass is 367 g/mol. The first-order valence-corrected chi connectivity index (χ1v) is 10.5. The average Bonchev–Trinajstić information content (AvgIpc) is 3.38. The van der Waals surface area contributed by atoms with Crippen LogP contribution in [-0.4, -0.2) is 32.1 Å². The van der Waals surface area contributed by atoms with Gasteiger partial charge in [-0.1, -0.05) is 24.4 Å². The first-order chi connectivity index (χ1) is 13.2. The summed E-state index contributed by atoms with van der Waals surface area (Å²) in [6.07, 6.45) is 14.0. The Hall–Kier alpha value is -2.11. The highest BCUT2D eigenvalue weighted by Gasteiger charge is 2.41. The van der Waals surface area contributed by atoms with Gasteiger partial charge >= 0.3 is 0 Å². The van der Waals surface area contributed by atoms with E-state index in [4.69, 9.17) is 9.82 Å². The second-order valence-corrected chi connectivity index (χ2v) is 8.63. The quantitative estimate of drug-likeness (QED) is 0.870. The number of hydrogen-bond acceptors (Lipinski definition) is 5. The summed E-state index contributed by atoms with van der Waals surface area (Å²) in [6.45, 7) is 2.07. The molecule has 2 aliphatic carbocycles. The number of nitrogens with one attached hydrogen (secondary N) is 1. The molecule has 5 rings (SSSR count). The van der Waals surface area contributed by atoms with E-state index in [0.717, 1.165) is 53.0 Å². The fourth-order valence-electron chi connectivity index (χ4n) is 5.18. The molecule has 3 aliphatic rings. The topological polar surface area (TPSA) is 64.3 Å². The van der Waals surface area contributed by atoms with Crippen molar-refractivity contribution < 1.29 is 4.84 Å². The second kappa shape index (κ2) is 6.50. The van der Waals surface area contributed by atoms with Crippen LogP contribution in [0.4, 0.5) is 5.69 Å². The fraction of sp³-hybridized carbons (Fsp3) is 0.667. The minimum Gasteiger partial charge on any atom is -0.389 e. The zero-order valence-corrected chi connectivity index (χ0v) is 16.4. The molecule has 1 aliphatic heterocycles. The third-order valence-electron chi connectivity index (χ3n) is 6.65. The Morgan fingerprint density at radius 1 is 1.15 bits per heavy atom. The van der Waals surface area contributed by atoms with E-state index in [1.165, 1.54) is 44.9 Å². The number of oxime groups is 1. The van der Waals surface area contributed by atoms with Gasteiger partial charge in [0.2, 0.25) is 0 Å². The molecular weight excluding hydrogens is 338 g/mol. The van der Waals surface area contributed by atoms with Gasteiger partial charge in [-0.05, 0) is 45.4 Å². The first-order valence-electron chi connectivity index (χ1n) is 10.5. The second-order valence-electron chi connectivity index (χ2n) is 8.63. The molecule has 0 atom stereocenters. The highest BCUT2D eigenvalue weighted by Crippen LogP contribution is 2.41. The zero-order valence-electron chi connectivity index (χ0n) is 16.4. The maximum absolute atomic E-state index is 6.03. The van der Waals surface area contributed by atoms with Crippen LogP contribution in [0.1, 0.15) is 75.5 Å². The Bertz CT molecular complexity index is 888. The molecule has 1 N–H and O–H groups in total. The molecule has 2 fully saturated rings. The van der Waals surface area contributed by atoms with Crippen molar-refractivity contribution in [1.29, 1.82) is 0 Å². The summed E-state index contributed by atoms with van der Waals surface area (Å²) >= 11 is 0. The number of anilines is 1. The molecule has 0 bridgehead atoms. The molecule has 2 aromatic rings. The van der Waals surface area contributed by atoms with Crippen LogP contribution >= 0.6 is 0 Å². The van der Waals surface area contributed by atoms with Crippen molar-refractivity contribution in [2.24, 2.45) is 12.2 Å². The Kier molecular flexibility index (Phi) is 4.10. The number of hydrogen-bond donors (Lipinski definition) is 1. The summed E-state index contributed by atoms with van der Waals surface area (Å²) in [7, 11) is 1.97. The lowest BCUT2D eigenvalue weighted by atomic mass is 9.80. The van der Waals surface area contributed by atoms with Crippen molar-refractivity contribution in [1.82, 2.24) is 14.8 Å². The highest BCUT2D eigenvalue weighted by atomic mass is 16.7. The summed E-state index contributed by atoms with van der Waals surface area (Å²) in [4.78, 5) is 10.8. The van der Waals surface area contributed by atoms with E-state index in [9.17, 15) is 0 Å². The van der Waals surface area contributed by atoms with Crippen molar-refractivity contribution >= 4 is 22.4 Å². The predicted octanol–water partition coefficient (Wildman–Crippen LogP) is 4.46. The molecule has 144 valence electrons. The largest absolute Gasteiger partial charge is 0.389 e. The van der Waals surface area contributed by atoms with Crippen molar-refractivity contribution in [3.63, 3.8) is 0 Å². The number of aryl methyl sites for hydroxylation is 2. The first kappa shape index (κ1) is 17.0. The number of fused-ring (bicyclic) bond motifs is 1. The lowest BCUT2D eigenvalue weighted by Crippen LogP contribution is -2.31. The normalized spacial score (nSPS) is 22.4. The lowest BCUT2D eigenvalue weighted by Gasteiger charge is -2.30. The van der Waals surface area contributed by atoms with E-state index >= 15 is 0 Å². The third-order valence-corrected chi connectivity index (χ3v) is 6.65. The van der Waals surface area contributed by atoms with Crippen LogP contribution in [0.2, 0.25) is 0 Å². The fourth-order valence-corrected chi connectivity index (χ4v) is 5.18. The van der Waals surface area contributed by atoms with Crippen LogP contribution in [0.25, 0.3) is 11.0 Å². The molecule has 0 saturated heterocycles. The summed E-state index contributed by atoms with van der Waals surface area (Å²) in [5.41, 5.74) is 5.20. The molecule has 6 heteroatoms. The van der Waals surface area contributed by atoms with E-state index in [1.54, 1.807) is 0 Å². The van der Waals surface area contributed by atoms with Gasteiger partial charge in [0.15, 0.2) is 5.65 Å². The maximum Gasteiger partial charge on any atom is 0.159 e. The molecule has 0 aromatic carbocycles. The minimum absolute atomic E-state index is 0.0723. The van der Waals surface area contributed by atoms with Crippen LogP contribution in [-0.2, 0) is 11.9 Å². The van der Waals surface area contributed by atoms with Crippen molar-refractivity contribution in [3.05, 3.63) is 17.5 Å². The zero-order chi connectivity index (χ0) is 18.4. The molecule has 1 spiro atoms. The van der Waals surface area contributed by atoms with Gasteiger partial charge < -0.3 is 10.2 Å².